The highest BCUT2D eigenvalue weighted by atomic mass is 16.5. The second-order valence-electron chi connectivity index (χ2n) is 5.51. The smallest absolute Gasteiger partial charge is 0.255 e. The summed E-state index contributed by atoms with van der Waals surface area (Å²) in [7, 11) is 1.61. The number of amides is 1. The van der Waals surface area contributed by atoms with Crippen molar-refractivity contribution in [1.29, 1.82) is 0 Å². The van der Waals surface area contributed by atoms with Gasteiger partial charge in [-0.25, -0.2) is 0 Å². The average molecular weight is 317 g/mol. The Morgan fingerprint density at radius 3 is 2.46 bits per heavy atom. The number of ether oxygens (including phenoxy) is 1. The fourth-order valence-electron chi connectivity index (χ4n) is 2.61. The van der Waals surface area contributed by atoms with Crippen LogP contribution in [0, 0.1) is 0 Å². The van der Waals surface area contributed by atoms with Crippen LogP contribution in [0.3, 0.4) is 0 Å². The minimum Gasteiger partial charge on any atom is -0.497 e. The van der Waals surface area contributed by atoms with Crippen LogP contribution in [0.15, 0.2) is 78.9 Å². The number of hydrogen-bond acceptors (Lipinski definition) is 2. The molecule has 0 aliphatic heterocycles. The van der Waals surface area contributed by atoms with Crippen LogP contribution in [0.5, 0.6) is 5.75 Å². The van der Waals surface area contributed by atoms with Crippen molar-refractivity contribution < 1.29 is 9.53 Å². The van der Waals surface area contributed by atoms with Crippen LogP contribution in [0.1, 0.15) is 21.5 Å². The predicted molar refractivity (Wildman–Crippen MR) is 96.6 cm³/mol. The minimum absolute atomic E-state index is 0.116. The molecule has 3 rings (SSSR count). The van der Waals surface area contributed by atoms with Crippen molar-refractivity contribution >= 4 is 11.6 Å². The van der Waals surface area contributed by atoms with E-state index in [1.54, 1.807) is 13.2 Å². The molecule has 0 aromatic heterocycles. The third-order valence-corrected chi connectivity index (χ3v) is 3.83. The molecule has 0 aliphatic rings. The van der Waals surface area contributed by atoms with E-state index in [1.807, 2.05) is 60.7 Å². The molecule has 0 heterocycles. The molecule has 0 unspecified atom stereocenters. The Morgan fingerprint density at radius 2 is 1.67 bits per heavy atom. The van der Waals surface area contributed by atoms with Crippen LogP contribution in [0.2, 0.25) is 0 Å². The number of anilines is 1. The molecule has 0 fully saturated rings. The first-order valence-electron chi connectivity index (χ1n) is 7.83. The Balaban J connectivity index is 1.82. The highest BCUT2D eigenvalue weighted by Crippen LogP contribution is 2.19. The maximum absolute atomic E-state index is 12.7. The van der Waals surface area contributed by atoms with Crippen LogP contribution in [0.25, 0.3) is 0 Å². The number of rotatable bonds is 5. The summed E-state index contributed by atoms with van der Waals surface area (Å²) in [5.74, 6) is 0.597. The van der Waals surface area contributed by atoms with E-state index in [0.717, 1.165) is 12.0 Å². The first-order chi connectivity index (χ1) is 11.8. The number of carbonyl (C=O) groups excluding carboxylic acids is 1. The summed E-state index contributed by atoms with van der Waals surface area (Å²) in [4.78, 5) is 12.7. The van der Waals surface area contributed by atoms with Gasteiger partial charge in [0.25, 0.3) is 5.91 Å². The summed E-state index contributed by atoms with van der Waals surface area (Å²) < 4.78 is 5.19. The molecule has 1 N–H and O–H groups in total. The van der Waals surface area contributed by atoms with Crippen LogP contribution in [0.4, 0.5) is 5.69 Å². The maximum atomic E-state index is 12.7. The molecule has 3 nitrogen and oxygen atoms in total. The summed E-state index contributed by atoms with van der Waals surface area (Å²) in [6.45, 7) is 0. The second-order valence-corrected chi connectivity index (χ2v) is 5.51. The zero-order valence-corrected chi connectivity index (χ0v) is 13.5. The van der Waals surface area contributed by atoms with Gasteiger partial charge in [0.05, 0.1) is 7.11 Å². The lowest BCUT2D eigenvalue weighted by molar-refractivity contribution is 0.102. The van der Waals surface area contributed by atoms with Gasteiger partial charge in [0.15, 0.2) is 0 Å². The molecule has 0 bridgehead atoms. The summed E-state index contributed by atoms with van der Waals surface area (Å²) in [5, 5.41) is 2.94. The van der Waals surface area contributed by atoms with Crippen molar-refractivity contribution in [3.63, 3.8) is 0 Å². The Hall–Kier alpha value is -3.07. The third kappa shape index (κ3) is 3.82. The van der Waals surface area contributed by atoms with E-state index in [0.29, 0.717) is 17.0 Å². The van der Waals surface area contributed by atoms with Gasteiger partial charge in [-0.2, -0.15) is 0 Å². The molecule has 0 saturated carbocycles. The zero-order valence-electron chi connectivity index (χ0n) is 13.5. The van der Waals surface area contributed by atoms with E-state index in [9.17, 15) is 4.79 Å². The van der Waals surface area contributed by atoms with E-state index < -0.39 is 0 Å². The lowest BCUT2D eigenvalue weighted by Crippen LogP contribution is -2.14. The van der Waals surface area contributed by atoms with Crippen molar-refractivity contribution in [1.82, 2.24) is 0 Å². The van der Waals surface area contributed by atoms with E-state index in [-0.39, 0.29) is 5.91 Å². The van der Waals surface area contributed by atoms with Gasteiger partial charge in [-0.1, -0.05) is 54.6 Å². The molecule has 24 heavy (non-hydrogen) atoms. The molecule has 0 spiro atoms. The van der Waals surface area contributed by atoms with Crippen molar-refractivity contribution in [2.75, 3.05) is 12.4 Å². The highest BCUT2D eigenvalue weighted by Gasteiger charge is 2.12. The standard InChI is InChI=1S/C21H19NO2/c1-24-19-12-7-11-18(15-19)22-21(23)20-13-6-5-10-17(20)14-16-8-3-2-4-9-16/h2-13,15H,14H2,1H3,(H,22,23). The Morgan fingerprint density at radius 1 is 0.917 bits per heavy atom. The van der Waals surface area contributed by atoms with Crippen LogP contribution in [-0.4, -0.2) is 13.0 Å². The number of nitrogens with one attached hydrogen (secondary N) is 1. The molecule has 0 saturated heterocycles. The van der Waals surface area contributed by atoms with Crippen LogP contribution >= 0.6 is 0 Å². The molecule has 1 amide bonds. The van der Waals surface area contributed by atoms with E-state index >= 15 is 0 Å². The van der Waals surface area contributed by atoms with Gasteiger partial charge in [-0.05, 0) is 35.7 Å². The number of benzene rings is 3. The van der Waals surface area contributed by atoms with Gasteiger partial charge in [0.2, 0.25) is 0 Å². The summed E-state index contributed by atoms with van der Waals surface area (Å²) in [5.41, 5.74) is 3.58. The number of carbonyl (C=O) groups is 1. The van der Waals surface area contributed by atoms with Crippen LogP contribution < -0.4 is 10.1 Å². The van der Waals surface area contributed by atoms with Gasteiger partial charge in [-0.15, -0.1) is 0 Å². The molecule has 120 valence electrons. The third-order valence-electron chi connectivity index (χ3n) is 3.83. The molecule has 0 aliphatic carbocycles. The Bertz CT molecular complexity index is 828. The molecule has 0 radical (unpaired) electrons. The first-order valence-corrected chi connectivity index (χ1v) is 7.83. The number of hydrogen-bond donors (Lipinski definition) is 1. The van der Waals surface area contributed by atoms with Gasteiger partial charge in [0, 0.05) is 17.3 Å². The van der Waals surface area contributed by atoms with E-state index in [4.69, 9.17) is 4.74 Å². The van der Waals surface area contributed by atoms with Crippen molar-refractivity contribution in [3.05, 3.63) is 95.6 Å². The first kappa shape index (κ1) is 15.8. The van der Waals surface area contributed by atoms with Gasteiger partial charge < -0.3 is 10.1 Å². The predicted octanol–water partition coefficient (Wildman–Crippen LogP) is 4.54. The van der Waals surface area contributed by atoms with Gasteiger partial charge >= 0.3 is 0 Å². The molecule has 3 aromatic carbocycles. The highest BCUT2D eigenvalue weighted by molar-refractivity contribution is 6.05. The van der Waals surface area contributed by atoms with Crippen molar-refractivity contribution in [2.24, 2.45) is 0 Å². The zero-order chi connectivity index (χ0) is 16.8. The Kier molecular flexibility index (Phi) is 4.92. The molecule has 3 aromatic rings. The number of methoxy groups -OCH3 is 1. The summed E-state index contributed by atoms with van der Waals surface area (Å²) >= 11 is 0. The minimum atomic E-state index is -0.116. The molecular formula is C21H19NO2. The summed E-state index contributed by atoms with van der Waals surface area (Å²) in [6, 6.07) is 25.2. The van der Waals surface area contributed by atoms with Crippen molar-refractivity contribution in [3.8, 4) is 5.75 Å². The average Bonchev–Trinajstić information content (AvgIpc) is 2.63. The molecule has 3 heteroatoms. The Labute approximate surface area is 141 Å². The van der Waals surface area contributed by atoms with E-state index in [2.05, 4.69) is 17.4 Å². The second kappa shape index (κ2) is 7.47. The quantitative estimate of drug-likeness (QED) is 0.750. The maximum Gasteiger partial charge on any atom is 0.255 e. The fraction of sp³-hybridized carbons (Fsp3) is 0.0952. The van der Waals surface area contributed by atoms with Gasteiger partial charge in [-0.3, -0.25) is 4.79 Å². The van der Waals surface area contributed by atoms with Crippen LogP contribution in [-0.2, 0) is 6.42 Å². The normalized spacial score (nSPS) is 10.2. The largest absolute Gasteiger partial charge is 0.497 e. The summed E-state index contributed by atoms with van der Waals surface area (Å²) in [6.07, 6.45) is 0.725. The fourth-order valence-corrected chi connectivity index (χ4v) is 2.61. The monoisotopic (exact) mass is 317 g/mol. The van der Waals surface area contributed by atoms with Gasteiger partial charge in [0.1, 0.15) is 5.75 Å². The molecule has 0 atom stereocenters. The topological polar surface area (TPSA) is 38.3 Å². The lowest BCUT2D eigenvalue weighted by atomic mass is 9.99. The lowest BCUT2D eigenvalue weighted by Gasteiger charge is -2.11. The van der Waals surface area contributed by atoms with E-state index in [1.165, 1.54) is 5.56 Å². The SMILES string of the molecule is COc1cccc(NC(=O)c2ccccc2Cc2ccccc2)c1. The van der Waals surface area contributed by atoms with Crippen molar-refractivity contribution in [2.45, 2.75) is 6.42 Å². The molecular weight excluding hydrogens is 298 g/mol.